The summed E-state index contributed by atoms with van der Waals surface area (Å²) in [6, 6.07) is 2.53. The van der Waals surface area contributed by atoms with Gasteiger partial charge in [-0.05, 0) is 25.0 Å². The number of fused-ring (bicyclic) bond motifs is 2. The molecule has 0 bridgehead atoms. The lowest BCUT2D eigenvalue weighted by Gasteiger charge is -2.44. The first-order valence-electron chi connectivity index (χ1n) is 7.98. The van der Waals surface area contributed by atoms with Crippen molar-refractivity contribution in [1.82, 2.24) is 5.32 Å². The topological polar surface area (TPSA) is 59.9 Å². The van der Waals surface area contributed by atoms with Gasteiger partial charge in [0, 0.05) is 35.8 Å². The molecule has 0 saturated carbocycles. The Labute approximate surface area is 156 Å². The minimum Gasteiger partial charge on any atom is -0.404 e. The molecule has 0 radical (unpaired) electrons. The monoisotopic (exact) mass is 406 g/mol. The zero-order chi connectivity index (χ0) is 18.5. The molecule has 0 aliphatic carbocycles. The summed E-state index contributed by atoms with van der Waals surface area (Å²) in [7, 11) is 0. The molecule has 1 unspecified atom stereocenters. The van der Waals surface area contributed by atoms with E-state index in [1.54, 1.807) is 0 Å². The van der Waals surface area contributed by atoms with Crippen LogP contribution in [-0.4, -0.2) is 42.0 Å². The molecular formula is C16H14ClF3N2O3S. The number of hydrogen-bond acceptors (Lipinski definition) is 5. The maximum atomic E-state index is 12.6. The summed E-state index contributed by atoms with van der Waals surface area (Å²) in [4.78, 5) is 17.6. The number of amides is 1. The fourth-order valence-electron chi connectivity index (χ4n) is 3.44. The number of alkyl halides is 3. The number of ether oxygens (including phenoxy) is 2. The Morgan fingerprint density at radius 2 is 2.08 bits per heavy atom. The van der Waals surface area contributed by atoms with Crippen molar-refractivity contribution in [3.63, 3.8) is 0 Å². The number of halogens is 4. The van der Waals surface area contributed by atoms with E-state index < -0.39 is 17.4 Å². The van der Waals surface area contributed by atoms with Crippen molar-refractivity contribution in [2.75, 3.05) is 13.2 Å². The summed E-state index contributed by atoms with van der Waals surface area (Å²) in [5.41, 5.74) is 0.817. The lowest BCUT2D eigenvalue weighted by molar-refractivity contribution is -0.274. The third-order valence-corrected chi connectivity index (χ3v) is 6.24. The molecule has 10 heteroatoms. The molecule has 1 amide bonds. The summed E-state index contributed by atoms with van der Waals surface area (Å²) in [6.07, 6.45) is -2.83. The molecule has 1 aromatic carbocycles. The highest BCUT2D eigenvalue weighted by Gasteiger charge is 2.46. The van der Waals surface area contributed by atoms with E-state index in [9.17, 15) is 18.0 Å². The van der Waals surface area contributed by atoms with Gasteiger partial charge in [0.2, 0.25) is 5.91 Å². The summed E-state index contributed by atoms with van der Waals surface area (Å²) >= 11 is 7.08. The molecule has 1 N–H and O–H groups in total. The zero-order valence-electron chi connectivity index (χ0n) is 13.4. The van der Waals surface area contributed by atoms with Crippen LogP contribution in [0.5, 0.6) is 5.75 Å². The van der Waals surface area contributed by atoms with E-state index in [-0.39, 0.29) is 16.5 Å². The Bertz CT molecular complexity index is 794. The SMILES string of the molecule is O=C1NC2(CCOCC2)CC2=Nc3cc(Cl)c(OC(F)(F)F)cc3SC12. The predicted molar refractivity (Wildman–Crippen MR) is 90.4 cm³/mol. The van der Waals surface area contributed by atoms with Gasteiger partial charge in [-0.3, -0.25) is 9.79 Å². The Hall–Kier alpha value is -1.45. The highest BCUT2D eigenvalue weighted by atomic mass is 35.5. The second-order valence-corrected chi connectivity index (χ2v) is 8.01. The van der Waals surface area contributed by atoms with Crippen molar-refractivity contribution < 1.29 is 27.4 Å². The standard InChI is InChI=1S/C16H14ClF3N2O3S/c17-8-5-9-12(6-11(8)25-16(18,19)20)26-13-10(21-9)7-15(22-14(13)23)1-3-24-4-2-15/h5-6,13H,1-4,7H2,(H,22,23). The van der Waals surface area contributed by atoms with Crippen molar-refractivity contribution in [3.05, 3.63) is 17.2 Å². The van der Waals surface area contributed by atoms with Gasteiger partial charge >= 0.3 is 6.36 Å². The normalized spacial score (nSPS) is 24.4. The van der Waals surface area contributed by atoms with Gasteiger partial charge in [0.05, 0.1) is 10.7 Å². The molecule has 1 spiro atoms. The minimum absolute atomic E-state index is 0.175. The lowest BCUT2D eigenvalue weighted by Crippen LogP contribution is -2.61. The van der Waals surface area contributed by atoms with E-state index in [0.717, 1.165) is 0 Å². The number of carbonyl (C=O) groups is 1. The molecule has 26 heavy (non-hydrogen) atoms. The highest BCUT2D eigenvalue weighted by molar-refractivity contribution is 8.01. The van der Waals surface area contributed by atoms with Crippen LogP contribution in [0.2, 0.25) is 5.02 Å². The molecule has 2 fully saturated rings. The third kappa shape index (κ3) is 3.39. The molecular weight excluding hydrogens is 393 g/mol. The number of thioether (sulfide) groups is 1. The summed E-state index contributed by atoms with van der Waals surface area (Å²) in [5, 5.41) is 2.33. The van der Waals surface area contributed by atoms with Gasteiger partial charge in [0.15, 0.2) is 0 Å². The van der Waals surface area contributed by atoms with E-state index in [2.05, 4.69) is 15.0 Å². The van der Waals surface area contributed by atoms with Crippen LogP contribution in [0.3, 0.4) is 0 Å². The lowest BCUT2D eigenvalue weighted by atomic mass is 9.81. The van der Waals surface area contributed by atoms with Crippen molar-refractivity contribution >= 4 is 40.7 Å². The van der Waals surface area contributed by atoms with E-state index in [0.29, 0.717) is 48.8 Å². The fraction of sp³-hybridized carbons (Fsp3) is 0.500. The number of aliphatic imine (C=N–C) groups is 1. The van der Waals surface area contributed by atoms with Crippen molar-refractivity contribution in [3.8, 4) is 5.75 Å². The van der Waals surface area contributed by atoms with Crippen molar-refractivity contribution in [1.29, 1.82) is 0 Å². The van der Waals surface area contributed by atoms with Gasteiger partial charge in [-0.1, -0.05) is 11.6 Å². The average Bonchev–Trinajstić information content (AvgIpc) is 2.54. The van der Waals surface area contributed by atoms with Gasteiger partial charge in [0.25, 0.3) is 0 Å². The molecule has 5 nitrogen and oxygen atoms in total. The Balaban J connectivity index is 1.67. The summed E-state index contributed by atoms with van der Waals surface area (Å²) in [6.45, 7) is 1.15. The Morgan fingerprint density at radius 1 is 1.35 bits per heavy atom. The molecule has 3 aliphatic rings. The zero-order valence-corrected chi connectivity index (χ0v) is 14.9. The van der Waals surface area contributed by atoms with Crippen LogP contribution in [0.4, 0.5) is 18.9 Å². The van der Waals surface area contributed by atoms with Crippen LogP contribution in [-0.2, 0) is 9.53 Å². The average molecular weight is 407 g/mol. The second-order valence-electron chi connectivity index (χ2n) is 6.46. The molecule has 2 saturated heterocycles. The number of nitrogens with zero attached hydrogens (tertiary/aromatic N) is 1. The van der Waals surface area contributed by atoms with E-state index >= 15 is 0 Å². The molecule has 3 heterocycles. The van der Waals surface area contributed by atoms with Gasteiger partial charge in [0.1, 0.15) is 11.0 Å². The molecule has 3 aliphatic heterocycles. The third-order valence-electron chi connectivity index (χ3n) is 4.65. The maximum Gasteiger partial charge on any atom is 0.573 e. The molecule has 1 aromatic rings. The number of nitrogens with one attached hydrogen (secondary N) is 1. The van der Waals surface area contributed by atoms with Gasteiger partial charge in [-0.2, -0.15) is 0 Å². The maximum absolute atomic E-state index is 12.6. The first-order chi connectivity index (χ1) is 12.2. The summed E-state index contributed by atoms with van der Waals surface area (Å²) in [5.74, 6) is -0.679. The predicted octanol–water partition coefficient (Wildman–Crippen LogP) is 3.85. The van der Waals surface area contributed by atoms with Crippen molar-refractivity contribution in [2.45, 2.75) is 41.3 Å². The van der Waals surface area contributed by atoms with Gasteiger partial charge in [-0.25, -0.2) is 0 Å². The summed E-state index contributed by atoms with van der Waals surface area (Å²) < 4.78 is 46.8. The van der Waals surface area contributed by atoms with Crippen LogP contribution in [0, 0.1) is 0 Å². The molecule has 4 rings (SSSR count). The van der Waals surface area contributed by atoms with Gasteiger partial charge < -0.3 is 14.8 Å². The van der Waals surface area contributed by atoms with Gasteiger partial charge in [-0.15, -0.1) is 24.9 Å². The van der Waals surface area contributed by atoms with Crippen LogP contribution in [0.15, 0.2) is 22.0 Å². The van der Waals surface area contributed by atoms with Crippen molar-refractivity contribution in [2.24, 2.45) is 4.99 Å². The number of carbonyl (C=O) groups excluding carboxylic acids is 1. The van der Waals surface area contributed by atoms with E-state index in [1.165, 1.54) is 23.9 Å². The minimum atomic E-state index is -4.84. The molecule has 0 aromatic heterocycles. The Morgan fingerprint density at radius 3 is 2.77 bits per heavy atom. The van der Waals surface area contributed by atoms with Crippen LogP contribution < -0.4 is 10.1 Å². The second kappa shape index (κ2) is 6.31. The number of rotatable bonds is 1. The van der Waals surface area contributed by atoms with Crippen LogP contribution in [0.25, 0.3) is 0 Å². The number of benzene rings is 1. The first-order valence-corrected chi connectivity index (χ1v) is 9.24. The number of hydrogen-bond donors (Lipinski definition) is 1. The smallest absolute Gasteiger partial charge is 0.404 e. The molecule has 140 valence electrons. The fourth-order valence-corrected chi connectivity index (χ4v) is 4.72. The van der Waals surface area contributed by atoms with Crippen LogP contribution >= 0.6 is 23.4 Å². The first kappa shape index (κ1) is 17.9. The quantitative estimate of drug-likeness (QED) is 0.769. The van der Waals surface area contributed by atoms with Crippen LogP contribution in [0.1, 0.15) is 19.3 Å². The highest BCUT2D eigenvalue weighted by Crippen LogP contribution is 2.47. The van der Waals surface area contributed by atoms with E-state index in [4.69, 9.17) is 16.3 Å². The Kier molecular flexibility index (Phi) is 4.36. The number of piperidine rings is 1. The van der Waals surface area contributed by atoms with E-state index in [1.807, 2.05) is 0 Å². The largest absolute Gasteiger partial charge is 0.573 e. The molecule has 1 atom stereocenters.